The van der Waals surface area contributed by atoms with Crippen LogP contribution in [0.15, 0.2) is 43.0 Å². The van der Waals surface area contributed by atoms with Gasteiger partial charge in [0.2, 0.25) is 11.9 Å². The van der Waals surface area contributed by atoms with Crippen molar-refractivity contribution < 1.29 is 45.8 Å². The zero-order valence-electron chi connectivity index (χ0n) is 30.1. The standard InChI is InChI=1S/C39H39F6N7O4/c40-24-16-47-36(48-17-24)51-7-4-26(5-8-51)56-27-1-2-28-30(19-52(31(28)14-27)25-3-6-37(41,42)15-25)33-46-18-29(32(49-33)39(43,44)45)34(53)50-38(35(54)55)22-10-20-9-21(12-22)13-23(38)11-20/h1-2,14,16-23,25-26H,3-13,15H2,(H,50,53)(H,54,55). The van der Waals surface area contributed by atoms with E-state index >= 15 is 0 Å². The van der Waals surface area contributed by atoms with Crippen LogP contribution < -0.4 is 15.0 Å². The number of rotatable bonds is 8. The highest BCUT2D eigenvalue weighted by Crippen LogP contribution is 2.58. The summed E-state index contributed by atoms with van der Waals surface area (Å²) < 4.78 is 94.6. The number of carboxylic acids is 1. The van der Waals surface area contributed by atoms with Crippen LogP contribution in [0.5, 0.6) is 5.75 Å². The first-order chi connectivity index (χ1) is 26.7. The molecule has 0 radical (unpaired) electrons. The van der Waals surface area contributed by atoms with Crippen molar-refractivity contribution >= 4 is 28.7 Å². The van der Waals surface area contributed by atoms with Gasteiger partial charge in [-0.1, -0.05) is 0 Å². The number of aliphatic carboxylic acids is 1. The van der Waals surface area contributed by atoms with E-state index in [9.17, 15) is 41.0 Å². The van der Waals surface area contributed by atoms with Gasteiger partial charge in [-0.25, -0.2) is 37.9 Å². The first kappa shape index (κ1) is 36.7. The van der Waals surface area contributed by atoms with Gasteiger partial charge in [0.1, 0.15) is 17.4 Å². The molecule has 56 heavy (non-hydrogen) atoms. The van der Waals surface area contributed by atoms with Crippen LogP contribution in [0.3, 0.4) is 0 Å². The monoisotopic (exact) mass is 783 g/mol. The van der Waals surface area contributed by atoms with Crippen LogP contribution in [0.4, 0.5) is 32.3 Å². The fourth-order valence-electron chi connectivity index (χ4n) is 10.5. The molecule has 1 aromatic carbocycles. The number of hydrogen-bond donors (Lipinski definition) is 2. The summed E-state index contributed by atoms with van der Waals surface area (Å²) in [5.41, 5.74) is -3.49. The molecule has 1 unspecified atom stereocenters. The minimum Gasteiger partial charge on any atom is -0.490 e. The van der Waals surface area contributed by atoms with Crippen LogP contribution in [0, 0.1) is 29.5 Å². The van der Waals surface area contributed by atoms with Crippen molar-refractivity contribution in [2.45, 2.75) is 94.0 Å². The lowest BCUT2D eigenvalue weighted by molar-refractivity contribution is -0.163. The molecule has 17 heteroatoms. The lowest BCUT2D eigenvalue weighted by atomic mass is 9.48. The average Bonchev–Trinajstić information content (AvgIpc) is 3.72. The number of carboxylic acid groups (broad SMARTS) is 1. The van der Waals surface area contributed by atoms with Crippen LogP contribution in [-0.2, 0) is 11.0 Å². The lowest BCUT2D eigenvalue weighted by Crippen LogP contribution is -2.70. The van der Waals surface area contributed by atoms with Gasteiger partial charge in [0.05, 0.1) is 23.5 Å². The summed E-state index contributed by atoms with van der Waals surface area (Å²) in [5.74, 6) is -5.51. The van der Waals surface area contributed by atoms with Crippen molar-refractivity contribution in [3.8, 4) is 17.1 Å². The van der Waals surface area contributed by atoms with Crippen molar-refractivity contribution in [2.24, 2.45) is 23.7 Å². The third-order valence-corrected chi connectivity index (χ3v) is 12.9. The molecule has 5 aliphatic carbocycles. The first-order valence-corrected chi connectivity index (χ1v) is 19.1. The van der Waals surface area contributed by atoms with Gasteiger partial charge < -0.3 is 24.6 Å². The number of ether oxygens (including phenoxy) is 1. The minimum atomic E-state index is -5.11. The molecule has 4 bridgehead atoms. The number of nitrogens with one attached hydrogen (secondary N) is 1. The van der Waals surface area contributed by atoms with E-state index in [0.29, 0.717) is 86.1 Å². The van der Waals surface area contributed by atoms with Gasteiger partial charge in [-0.05, 0) is 74.3 Å². The van der Waals surface area contributed by atoms with E-state index in [0.717, 1.165) is 25.0 Å². The Balaban J connectivity index is 1.02. The number of fused-ring (bicyclic) bond motifs is 1. The minimum absolute atomic E-state index is 0.133. The maximum absolute atomic E-state index is 14.8. The highest BCUT2D eigenvalue weighted by Gasteiger charge is 2.62. The van der Waals surface area contributed by atoms with Crippen LogP contribution in [-0.4, -0.2) is 72.1 Å². The van der Waals surface area contributed by atoms with Crippen molar-refractivity contribution in [2.75, 3.05) is 18.0 Å². The topological polar surface area (TPSA) is 135 Å². The summed E-state index contributed by atoms with van der Waals surface area (Å²) in [6.45, 7) is 1.09. The number of piperidine rings is 1. The Morgan fingerprint density at radius 3 is 2.21 bits per heavy atom. The van der Waals surface area contributed by atoms with Crippen molar-refractivity contribution in [1.29, 1.82) is 0 Å². The molecule has 2 N–H and O–H groups in total. The summed E-state index contributed by atoms with van der Waals surface area (Å²) in [5, 5.41) is 13.4. The molecule has 4 heterocycles. The molecule has 11 nitrogen and oxygen atoms in total. The predicted octanol–water partition coefficient (Wildman–Crippen LogP) is 7.46. The van der Waals surface area contributed by atoms with Gasteiger partial charge in [-0.15, -0.1) is 0 Å². The second kappa shape index (κ2) is 13.3. The average molecular weight is 784 g/mol. The molecule has 1 amide bonds. The third kappa shape index (κ3) is 6.39. The van der Waals surface area contributed by atoms with Crippen LogP contribution in [0.25, 0.3) is 22.3 Å². The summed E-state index contributed by atoms with van der Waals surface area (Å²) in [6.07, 6.45) is 3.00. The van der Waals surface area contributed by atoms with E-state index in [-0.39, 0.29) is 42.2 Å². The predicted molar refractivity (Wildman–Crippen MR) is 189 cm³/mol. The molecule has 3 aromatic heterocycles. The molecule has 296 valence electrons. The molecule has 1 atom stereocenters. The van der Waals surface area contributed by atoms with Gasteiger partial charge in [0.25, 0.3) is 5.91 Å². The number of amides is 1. The zero-order valence-corrected chi connectivity index (χ0v) is 30.1. The van der Waals surface area contributed by atoms with E-state index in [1.165, 1.54) is 6.20 Å². The van der Waals surface area contributed by atoms with Crippen LogP contribution in [0.2, 0.25) is 0 Å². The highest BCUT2D eigenvalue weighted by atomic mass is 19.4. The molecule has 0 spiro atoms. The number of aromatic nitrogens is 5. The Hall–Kier alpha value is -4.96. The quantitative estimate of drug-likeness (QED) is 0.175. The summed E-state index contributed by atoms with van der Waals surface area (Å²) in [6, 6.07) is 4.28. The SMILES string of the molecule is O=C(NC1(C(=O)O)C2CC3CC(C2)CC1C3)c1cnc(-c2cn(C3CCC(F)(F)C3)c3cc(OC4CCN(c5ncc(F)cn5)CC4)ccc23)nc1C(F)(F)F. The second-order valence-electron chi connectivity index (χ2n) is 16.3. The zero-order chi connectivity index (χ0) is 39.1. The molecular weight excluding hydrogens is 744 g/mol. The van der Waals surface area contributed by atoms with E-state index in [2.05, 4.69) is 25.3 Å². The Labute approximate surface area is 316 Å². The normalized spacial score (nSPS) is 28.5. The maximum atomic E-state index is 14.8. The number of anilines is 1. The molecule has 4 aromatic rings. The number of carbonyl (C=O) groups excluding carboxylic acids is 1. The Morgan fingerprint density at radius 1 is 0.929 bits per heavy atom. The number of nitrogens with zero attached hydrogens (tertiary/aromatic N) is 6. The van der Waals surface area contributed by atoms with Crippen molar-refractivity contribution in [1.82, 2.24) is 29.8 Å². The van der Waals surface area contributed by atoms with Crippen molar-refractivity contribution in [3.05, 3.63) is 60.1 Å². The van der Waals surface area contributed by atoms with Gasteiger partial charge in [-0.2, -0.15) is 13.2 Å². The number of halogens is 6. The molecule has 5 saturated carbocycles. The molecule has 1 aliphatic heterocycles. The molecule has 10 rings (SSSR count). The van der Waals surface area contributed by atoms with Crippen LogP contribution in [0.1, 0.15) is 86.3 Å². The smallest absolute Gasteiger partial charge is 0.434 e. The largest absolute Gasteiger partial charge is 0.490 e. The molecule has 1 saturated heterocycles. The molecular formula is C39H39F6N7O4. The Morgan fingerprint density at radius 2 is 1.61 bits per heavy atom. The Kier molecular flexibility index (Phi) is 8.72. The van der Waals surface area contributed by atoms with Gasteiger partial charge in [-0.3, -0.25) is 4.79 Å². The van der Waals surface area contributed by atoms with Gasteiger partial charge >= 0.3 is 12.1 Å². The number of carbonyl (C=O) groups is 2. The second-order valence-corrected chi connectivity index (χ2v) is 16.3. The van der Waals surface area contributed by atoms with Gasteiger partial charge in [0.15, 0.2) is 17.3 Å². The highest BCUT2D eigenvalue weighted by molar-refractivity contribution is 6.00. The summed E-state index contributed by atoms with van der Waals surface area (Å²) in [4.78, 5) is 44.7. The first-order valence-electron chi connectivity index (χ1n) is 19.1. The maximum Gasteiger partial charge on any atom is 0.434 e. The number of benzene rings is 1. The van der Waals surface area contributed by atoms with E-state index < -0.39 is 59.1 Å². The van der Waals surface area contributed by atoms with E-state index in [4.69, 9.17) is 4.74 Å². The third-order valence-electron chi connectivity index (χ3n) is 12.9. The van der Waals surface area contributed by atoms with Gasteiger partial charge in [0, 0.05) is 74.2 Å². The molecule has 6 fully saturated rings. The lowest BCUT2D eigenvalue weighted by Gasteiger charge is -2.59. The Bertz CT molecular complexity index is 2160. The van der Waals surface area contributed by atoms with E-state index in [1.807, 2.05) is 4.90 Å². The van der Waals surface area contributed by atoms with Crippen molar-refractivity contribution in [3.63, 3.8) is 0 Å². The summed E-state index contributed by atoms with van der Waals surface area (Å²) in [7, 11) is 0. The number of alkyl halides is 5. The fourth-order valence-corrected chi connectivity index (χ4v) is 10.5. The van der Waals surface area contributed by atoms with E-state index in [1.54, 1.807) is 22.8 Å². The van der Waals surface area contributed by atoms with Crippen LogP contribution >= 0.6 is 0 Å². The summed E-state index contributed by atoms with van der Waals surface area (Å²) >= 11 is 0. The fraction of sp³-hybridized carbons (Fsp3) is 0.538. The molecule has 6 aliphatic rings. The number of hydrogen-bond acceptors (Lipinski definition) is 8.